The number of rotatable bonds is 8. The fraction of sp³-hybridized carbons (Fsp3) is 1.00. The molecule has 4 atom stereocenters. The van der Waals surface area contributed by atoms with Crippen LogP contribution in [-0.4, -0.2) is 55.1 Å². The van der Waals surface area contributed by atoms with Crippen LogP contribution in [0.15, 0.2) is 0 Å². The summed E-state index contributed by atoms with van der Waals surface area (Å²) in [6, 6.07) is 0. The minimum absolute atomic E-state index is 0.119. The number of hydrogen-bond acceptors (Lipinski definition) is 5. The van der Waals surface area contributed by atoms with E-state index in [-0.39, 0.29) is 12.7 Å². The summed E-state index contributed by atoms with van der Waals surface area (Å²) in [5.41, 5.74) is 0. The third kappa shape index (κ3) is 7.70. The zero-order valence-electron chi connectivity index (χ0n) is 9.84. The maximum absolute atomic E-state index is 9.23. The summed E-state index contributed by atoms with van der Waals surface area (Å²) in [5.74, 6) is 0. The number of aliphatic hydroxyl groups is 2. The van der Waals surface area contributed by atoms with Gasteiger partial charge in [-0.05, 0) is 20.8 Å². The van der Waals surface area contributed by atoms with E-state index in [1.165, 1.54) is 7.11 Å². The lowest BCUT2D eigenvalue weighted by atomic mass is 10.3. The van der Waals surface area contributed by atoms with Crippen LogP contribution in [0.2, 0.25) is 0 Å². The molecule has 92 valence electrons. The standard InChI is InChI=1S/C10H22O5/c1-7(11)5-14-8(2)6-15-9(3)10(12)13-4/h7-12H,5-6H2,1-4H3. The lowest BCUT2D eigenvalue weighted by Crippen LogP contribution is -2.31. The molecule has 0 aliphatic carbocycles. The first kappa shape index (κ1) is 14.8. The first-order valence-electron chi connectivity index (χ1n) is 5.09. The molecule has 0 amide bonds. The van der Waals surface area contributed by atoms with E-state index in [2.05, 4.69) is 0 Å². The van der Waals surface area contributed by atoms with E-state index in [9.17, 15) is 5.11 Å². The van der Waals surface area contributed by atoms with Gasteiger partial charge in [-0.15, -0.1) is 0 Å². The summed E-state index contributed by atoms with van der Waals surface area (Å²) < 4.78 is 15.3. The van der Waals surface area contributed by atoms with E-state index in [4.69, 9.17) is 19.3 Å². The number of hydrogen-bond donors (Lipinski definition) is 2. The van der Waals surface area contributed by atoms with Crippen molar-refractivity contribution in [1.82, 2.24) is 0 Å². The summed E-state index contributed by atoms with van der Waals surface area (Å²) in [5, 5.41) is 18.2. The molecule has 0 heterocycles. The second kappa shape index (κ2) is 8.01. The lowest BCUT2D eigenvalue weighted by molar-refractivity contribution is -0.168. The Morgan fingerprint density at radius 2 is 1.60 bits per heavy atom. The first-order chi connectivity index (χ1) is 6.97. The van der Waals surface area contributed by atoms with Gasteiger partial charge >= 0.3 is 0 Å². The van der Waals surface area contributed by atoms with Gasteiger partial charge in [-0.2, -0.15) is 0 Å². The van der Waals surface area contributed by atoms with Gasteiger partial charge in [-0.1, -0.05) is 0 Å². The molecule has 0 aromatic carbocycles. The monoisotopic (exact) mass is 222 g/mol. The van der Waals surface area contributed by atoms with Crippen molar-refractivity contribution < 1.29 is 24.4 Å². The van der Waals surface area contributed by atoms with Crippen molar-refractivity contribution in [2.75, 3.05) is 20.3 Å². The minimum atomic E-state index is -0.922. The highest BCUT2D eigenvalue weighted by Gasteiger charge is 2.15. The fourth-order valence-corrected chi connectivity index (χ4v) is 0.913. The summed E-state index contributed by atoms with van der Waals surface area (Å²) in [7, 11) is 1.41. The van der Waals surface area contributed by atoms with Crippen molar-refractivity contribution in [2.45, 2.75) is 45.4 Å². The zero-order chi connectivity index (χ0) is 11.8. The zero-order valence-corrected chi connectivity index (χ0v) is 9.84. The van der Waals surface area contributed by atoms with E-state index in [1.807, 2.05) is 6.92 Å². The minimum Gasteiger partial charge on any atom is -0.391 e. The highest BCUT2D eigenvalue weighted by molar-refractivity contribution is 4.56. The van der Waals surface area contributed by atoms with Crippen molar-refractivity contribution >= 4 is 0 Å². The average molecular weight is 222 g/mol. The molecule has 0 bridgehead atoms. The van der Waals surface area contributed by atoms with E-state index in [0.29, 0.717) is 6.61 Å². The molecule has 0 fully saturated rings. The first-order valence-corrected chi connectivity index (χ1v) is 5.09. The summed E-state index contributed by atoms with van der Waals surface area (Å²) in [6.07, 6.45) is -1.91. The fourth-order valence-electron chi connectivity index (χ4n) is 0.913. The highest BCUT2D eigenvalue weighted by Crippen LogP contribution is 2.02. The summed E-state index contributed by atoms with van der Waals surface area (Å²) >= 11 is 0. The van der Waals surface area contributed by atoms with E-state index in [0.717, 1.165) is 0 Å². The number of aliphatic hydroxyl groups excluding tert-OH is 2. The summed E-state index contributed by atoms with van der Waals surface area (Å²) in [6.45, 7) is 5.86. The van der Waals surface area contributed by atoms with Crippen LogP contribution in [0.3, 0.4) is 0 Å². The Morgan fingerprint density at radius 1 is 1.00 bits per heavy atom. The molecule has 0 rings (SSSR count). The molecular formula is C10H22O5. The van der Waals surface area contributed by atoms with Gasteiger partial charge in [0.1, 0.15) is 6.10 Å². The van der Waals surface area contributed by atoms with Gasteiger partial charge in [0.2, 0.25) is 0 Å². The van der Waals surface area contributed by atoms with Crippen LogP contribution in [0.25, 0.3) is 0 Å². The van der Waals surface area contributed by atoms with Crippen molar-refractivity contribution in [3.63, 3.8) is 0 Å². The van der Waals surface area contributed by atoms with Crippen molar-refractivity contribution in [2.24, 2.45) is 0 Å². The van der Waals surface area contributed by atoms with Crippen LogP contribution in [0.5, 0.6) is 0 Å². The van der Waals surface area contributed by atoms with E-state index >= 15 is 0 Å². The predicted molar refractivity (Wildman–Crippen MR) is 55.5 cm³/mol. The van der Waals surface area contributed by atoms with Crippen LogP contribution in [0, 0.1) is 0 Å². The molecule has 0 saturated heterocycles. The second-order valence-corrected chi connectivity index (χ2v) is 3.66. The molecular weight excluding hydrogens is 200 g/mol. The Morgan fingerprint density at radius 3 is 2.07 bits per heavy atom. The lowest BCUT2D eigenvalue weighted by Gasteiger charge is -2.21. The Hall–Kier alpha value is -0.200. The smallest absolute Gasteiger partial charge is 0.180 e. The predicted octanol–water partition coefficient (Wildman–Crippen LogP) is 0.142. The van der Waals surface area contributed by atoms with Crippen LogP contribution in [0.1, 0.15) is 20.8 Å². The SMILES string of the molecule is COC(O)C(C)OCC(C)OCC(C)O. The van der Waals surface area contributed by atoms with Gasteiger partial charge in [0.25, 0.3) is 0 Å². The third-order valence-corrected chi connectivity index (χ3v) is 1.86. The molecule has 0 radical (unpaired) electrons. The molecule has 5 nitrogen and oxygen atoms in total. The molecule has 15 heavy (non-hydrogen) atoms. The highest BCUT2D eigenvalue weighted by atomic mass is 16.6. The molecule has 2 N–H and O–H groups in total. The van der Waals surface area contributed by atoms with E-state index < -0.39 is 18.5 Å². The normalized spacial score (nSPS) is 19.6. The molecule has 0 aliphatic heterocycles. The Kier molecular flexibility index (Phi) is 7.90. The molecule has 0 aromatic heterocycles. The van der Waals surface area contributed by atoms with Gasteiger partial charge < -0.3 is 24.4 Å². The van der Waals surface area contributed by atoms with Crippen LogP contribution < -0.4 is 0 Å². The molecule has 4 unspecified atom stereocenters. The second-order valence-electron chi connectivity index (χ2n) is 3.66. The molecule has 0 saturated carbocycles. The molecule has 0 spiro atoms. The van der Waals surface area contributed by atoms with Gasteiger partial charge in [0.15, 0.2) is 6.29 Å². The Labute approximate surface area is 91.0 Å². The maximum Gasteiger partial charge on any atom is 0.180 e. The summed E-state index contributed by atoms with van der Waals surface area (Å²) in [4.78, 5) is 0. The van der Waals surface area contributed by atoms with Crippen LogP contribution in [-0.2, 0) is 14.2 Å². The van der Waals surface area contributed by atoms with Gasteiger partial charge in [-0.25, -0.2) is 0 Å². The Bertz CT molecular complexity index is 151. The largest absolute Gasteiger partial charge is 0.391 e. The van der Waals surface area contributed by atoms with E-state index in [1.54, 1.807) is 13.8 Å². The van der Waals surface area contributed by atoms with Crippen LogP contribution in [0.4, 0.5) is 0 Å². The molecule has 0 aliphatic rings. The van der Waals surface area contributed by atoms with Crippen molar-refractivity contribution in [3.05, 3.63) is 0 Å². The topological polar surface area (TPSA) is 68.2 Å². The molecule has 0 aromatic rings. The van der Waals surface area contributed by atoms with Crippen molar-refractivity contribution in [3.8, 4) is 0 Å². The quantitative estimate of drug-likeness (QED) is 0.572. The Balaban J connectivity index is 3.56. The van der Waals surface area contributed by atoms with Crippen LogP contribution >= 0.6 is 0 Å². The maximum atomic E-state index is 9.23. The third-order valence-electron chi connectivity index (χ3n) is 1.86. The van der Waals surface area contributed by atoms with Crippen molar-refractivity contribution in [1.29, 1.82) is 0 Å². The number of methoxy groups -OCH3 is 1. The molecule has 5 heteroatoms. The van der Waals surface area contributed by atoms with Gasteiger partial charge in [0, 0.05) is 7.11 Å². The average Bonchev–Trinajstić information content (AvgIpc) is 2.21. The van der Waals surface area contributed by atoms with Gasteiger partial charge in [0.05, 0.1) is 25.4 Å². The number of ether oxygens (including phenoxy) is 3. The van der Waals surface area contributed by atoms with Gasteiger partial charge in [-0.3, -0.25) is 0 Å².